The van der Waals surface area contributed by atoms with Crippen LogP contribution in [0.4, 0.5) is 4.39 Å². The van der Waals surface area contributed by atoms with E-state index in [0.29, 0.717) is 19.3 Å². The van der Waals surface area contributed by atoms with Gasteiger partial charge in [0.25, 0.3) is 5.91 Å². The lowest BCUT2D eigenvalue weighted by atomic mass is 10.1. The van der Waals surface area contributed by atoms with Crippen LogP contribution < -0.4 is 5.32 Å². The minimum absolute atomic E-state index is 0.00606. The second-order valence-electron chi connectivity index (χ2n) is 5.51. The maximum absolute atomic E-state index is 13.2. The second kappa shape index (κ2) is 5.87. The fraction of sp³-hybridized carbons (Fsp3) is 0.294. The van der Waals surface area contributed by atoms with Crippen molar-refractivity contribution < 1.29 is 23.5 Å². The second-order valence-corrected chi connectivity index (χ2v) is 5.51. The number of carbonyl (C=O) groups excluding carboxylic acids is 1. The van der Waals surface area contributed by atoms with Crippen molar-refractivity contribution in [3.8, 4) is 0 Å². The predicted molar refractivity (Wildman–Crippen MR) is 80.0 cm³/mol. The molecule has 5 nitrogen and oxygen atoms in total. The molecule has 1 amide bonds. The van der Waals surface area contributed by atoms with E-state index in [1.165, 1.54) is 18.2 Å². The maximum Gasteiger partial charge on any atom is 0.339 e. The first-order valence-electron chi connectivity index (χ1n) is 7.44. The maximum atomic E-state index is 13.2. The van der Waals surface area contributed by atoms with E-state index in [-0.39, 0.29) is 28.9 Å². The van der Waals surface area contributed by atoms with Crippen LogP contribution in [-0.4, -0.2) is 17.0 Å². The molecular weight excluding hydrogens is 301 g/mol. The number of hydrogen-bond acceptors (Lipinski definition) is 3. The van der Waals surface area contributed by atoms with Crippen molar-refractivity contribution in [2.75, 3.05) is 0 Å². The van der Waals surface area contributed by atoms with Gasteiger partial charge in [-0.1, -0.05) is 13.0 Å². The number of aryl methyl sites for hydroxylation is 2. The molecule has 120 valence electrons. The van der Waals surface area contributed by atoms with E-state index in [2.05, 4.69) is 5.32 Å². The molecular formula is C17H16FNO4. The van der Waals surface area contributed by atoms with Gasteiger partial charge in [-0.15, -0.1) is 0 Å². The van der Waals surface area contributed by atoms with Crippen LogP contribution in [0.2, 0.25) is 0 Å². The number of carbonyl (C=O) groups is 2. The van der Waals surface area contributed by atoms with E-state index in [0.717, 1.165) is 11.1 Å². The summed E-state index contributed by atoms with van der Waals surface area (Å²) in [6.45, 7) is 1.76. The number of rotatable bonds is 4. The lowest BCUT2D eigenvalue weighted by Crippen LogP contribution is -2.26. The van der Waals surface area contributed by atoms with E-state index in [1.807, 2.05) is 0 Å². The average Bonchev–Trinajstić information content (AvgIpc) is 3.11. The number of halogens is 1. The largest absolute Gasteiger partial charge is 0.478 e. The molecule has 1 unspecified atom stereocenters. The Balaban J connectivity index is 1.80. The Labute approximate surface area is 132 Å². The highest BCUT2D eigenvalue weighted by atomic mass is 19.1. The number of carboxylic acids is 1. The van der Waals surface area contributed by atoms with Gasteiger partial charge in [-0.3, -0.25) is 4.79 Å². The topological polar surface area (TPSA) is 79.5 Å². The summed E-state index contributed by atoms with van der Waals surface area (Å²) in [7, 11) is 0. The molecule has 0 bridgehead atoms. The molecule has 1 atom stereocenters. The van der Waals surface area contributed by atoms with Crippen LogP contribution in [0, 0.1) is 5.82 Å². The molecule has 1 aromatic carbocycles. The highest BCUT2D eigenvalue weighted by Crippen LogP contribution is 2.32. The van der Waals surface area contributed by atoms with Gasteiger partial charge < -0.3 is 14.8 Å². The number of benzene rings is 1. The summed E-state index contributed by atoms with van der Waals surface area (Å²) in [5, 5.41) is 11.9. The molecule has 1 heterocycles. The predicted octanol–water partition coefficient (Wildman–Crippen LogP) is 3.10. The molecule has 1 aliphatic rings. The number of aromatic carboxylic acids is 1. The van der Waals surface area contributed by atoms with Crippen LogP contribution in [0.1, 0.15) is 57.2 Å². The molecule has 6 heteroatoms. The summed E-state index contributed by atoms with van der Waals surface area (Å²) in [5.74, 6) is -1.62. The standard InChI is InChI=1S/C17H16FNO4/c1-2-14-12(17(21)22)8-15(23-14)16(20)19-13-6-3-9-7-10(18)4-5-11(9)13/h4-5,7-8,13H,2-3,6H2,1H3,(H,19,20)(H,21,22). The minimum atomic E-state index is -1.12. The van der Waals surface area contributed by atoms with Crippen LogP contribution in [0.5, 0.6) is 0 Å². The first-order chi connectivity index (χ1) is 11.0. The number of nitrogens with one attached hydrogen (secondary N) is 1. The molecule has 0 fully saturated rings. The smallest absolute Gasteiger partial charge is 0.339 e. The van der Waals surface area contributed by atoms with Crippen molar-refractivity contribution in [2.24, 2.45) is 0 Å². The average molecular weight is 317 g/mol. The Bertz CT molecular complexity index is 781. The third-order valence-electron chi connectivity index (χ3n) is 4.07. The summed E-state index contributed by atoms with van der Waals surface area (Å²) < 4.78 is 18.6. The van der Waals surface area contributed by atoms with Crippen molar-refractivity contribution >= 4 is 11.9 Å². The summed E-state index contributed by atoms with van der Waals surface area (Å²) >= 11 is 0. The van der Waals surface area contributed by atoms with E-state index in [1.54, 1.807) is 13.0 Å². The monoisotopic (exact) mass is 317 g/mol. The van der Waals surface area contributed by atoms with Crippen molar-refractivity contribution in [2.45, 2.75) is 32.2 Å². The van der Waals surface area contributed by atoms with Crippen molar-refractivity contribution in [3.63, 3.8) is 0 Å². The Kier molecular flexibility index (Phi) is 3.90. The summed E-state index contributed by atoms with van der Waals surface area (Å²) in [6.07, 6.45) is 1.76. The van der Waals surface area contributed by atoms with Gasteiger partial charge in [0, 0.05) is 12.5 Å². The fourth-order valence-corrected chi connectivity index (χ4v) is 2.95. The first kappa shape index (κ1) is 15.3. The number of hydrogen-bond donors (Lipinski definition) is 2. The molecule has 23 heavy (non-hydrogen) atoms. The van der Waals surface area contributed by atoms with Gasteiger partial charge in [0.05, 0.1) is 6.04 Å². The van der Waals surface area contributed by atoms with E-state index in [4.69, 9.17) is 9.52 Å². The molecule has 2 N–H and O–H groups in total. The Morgan fingerprint density at radius 3 is 2.83 bits per heavy atom. The van der Waals surface area contributed by atoms with E-state index in [9.17, 15) is 14.0 Å². The number of fused-ring (bicyclic) bond motifs is 1. The molecule has 0 spiro atoms. The van der Waals surface area contributed by atoms with Gasteiger partial charge in [-0.25, -0.2) is 9.18 Å². The van der Waals surface area contributed by atoms with Gasteiger partial charge in [-0.05, 0) is 36.1 Å². The first-order valence-corrected chi connectivity index (χ1v) is 7.44. The molecule has 0 radical (unpaired) electrons. The zero-order chi connectivity index (χ0) is 16.6. The Morgan fingerprint density at radius 2 is 2.17 bits per heavy atom. The van der Waals surface area contributed by atoms with Crippen LogP contribution in [0.15, 0.2) is 28.7 Å². The van der Waals surface area contributed by atoms with E-state index >= 15 is 0 Å². The minimum Gasteiger partial charge on any atom is -0.478 e. The molecule has 0 saturated carbocycles. The Morgan fingerprint density at radius 1 is 1.39 bits per heavy atom. The normalized spacial score (nSPS) is 16.2. The number of amides is 1. The van der Waals surface area contributed by atoms with Gasteiger partial charge in [-0.2, -0.15) is 0 Å². The molecule has 0 aliphatic heterocycles. The van der Waals surface area contributed by atoms with Crippen LogP contribution in [0.25, 0.3) is 0 Å². The Hall–Kier alpha value is -2.63. The van der Waals surface area contributed by atoms with Gasteiger partial charge >= 0.3 is 5.97 Å². The highest BCUT2D eigenvalue weighted by Gasteiger charge is 2.27. The molecule has 1 aromatic heterocycles. The van der Waals surface area contributed by atoms with Gasteiger partial charge in [0.2, 0.25) is 0 Å². The van der Waals surface area contributed by atoms with E-state index < -0.39 is 11.9 Å². The number of carboxylic acid groups (broad SMARTS) is 1. The fourth-order valence-electron chi connectivity index (χ4n) is 2.95. The quantitative estimate of drug-likeness (QED) is 0.908. The zero-order valence-electron chi connectivity index (χ0n) is 12.6. The van der Waals surface area contributed by atoms with Crippen LogP contribution in [-0.2, 0) is 12.8 Å². The molecule has 3 rings (SSSR count). The molecule has 2 aromatic rings. The van der Waals surface area contributed by atoms with Crippen molar-refractivity contribution in [3.05, 3.63) is 58.3 Å². The third kappa shape index (κ3) is 2.84. The summed E-state index contributed by atoms with van der Waals surface area (Å²) in [6, 6.07) is 5.55. The molecule has 1 aliphatic carbocycles. The summed E-state index contributed by atoms with van der Waals surface area (Å²) in [4.78, 5) is 23.4. The summed E-state index contributed by atoms with van der Waals surface area (Å²) in [5.41, 5.74) is 1.78. The SMILES string of the molecule is CCc1oc(C(=O)NC2CCc3cc(F)ccc32)cc1C(=O)O. The van der Waals surface area contributed by atoms with Crippen LogP contribution in [0.3, 0.4) is 0 Å². The van der Waals surface area contributed by atoms with Crippen molar-refractivity contribution in [1.82, 2.24) is 5.32 Å². The lowest BCUT2D eigenvalue weighted by molar-refractivity contribution is 0.0694. The lowest BCUT2D eigenvalue weighted by Gasteiger charge is -2.13. The van der Waals surface area contributed by atoms with Gasteiger partial charge in [0.1, 0.15) is 17.1 Å². The third-order valence-corrected chi connectivity index (χ3v) is 4.07. The molecule has 0 saturated heterocycles. The van der Waals surface area contributed by atoms with Crippen LogP contribution >= 0.6 is 0 Å². The zero-order valence-corrected chi connectivity index (χ0v) is 12.6. The van der Waals surface area contributed by atoms with Gasteiger partial charge in [0.15, 0.2) is 5.76 Å². The number of furan rings is 1. The highest BCUT2D eigenvalue weighted by molar-refractivity contribution is 5.96. The van der Waals surface area contributed by atoms with Crippen molar-refractivity contribution in [1.29, 1.82) is 0 Å².